The SMILES string of the molecule is CC(C)Oc1ccc(NP(=O)(Oc2ccccc2F)Oc2ccccc2F)cc1. The van der Waals surface area contributed by atoms with Gasteiger partial charge in [0.1, 0.15) is 5.75 Å². The molecule has 29 heavy (non-hydrogen) atoms. The Balaban J connectivity index is 1.89. The van der Waals surface area contributed by atoms with Gasteiger partial charge in [0.2, 0.25) is 0 Å². The summed E-state index contributed by atoms with van der Waals surface area (Å²) in [7, 11) is -4.25. The lowest BCUT2D eigenvalue weighted by Gasteiger charge is -2.21. The Morgan fingerprint density at radius 3 is 1.72 bits per heavy atom. The minimum Gasteiger partial charge on any atom is -0.491 e. The maximum Gasteiger partial charge on any atom is 0.541 e. The molecule has 0 bridgehead atoms. The van der Waals surface area contributed by atoms with E-state index in [9.17, 15) is 13.3 Å². The molecule has 152 valence electrons. The van der Waals surface area contributed by atoms with E-state index in [1.807, 2.05) is 13.8 Å². The Morgan fingerprint density at radius 1 is 0.793 bits per heavy atom. The topological polar surface area (TPSA) is 56.8 Å². The summed E-state index contributed by atoms with van der Waals surface area (Å²) in [5, 5.41) is 2.61. The van der Waals surface area contributed by atoms with Crippen LogP contribution < -0.4 is 18.9 Å². The van der Waals surface area contributed by atoms with Crippen molar-refractivity contribution in [3.8, 4) is 17.2 Å². The Labute approximate surface area is 167 Å². The minimum absolute atomic E-state index is 0.00585. The summed E-state index contributed by atoms with van der Waals surface area (Å²) in [5.41, 5.74) is 0.358. The second-order valence-electron chi connectivity index (χ2n) is 6.34. The van der Waals surface area contributed by atoms with Gasteiger partial charge in [0.15, 0.2) is 23.1 Å². The molecule has 0 radical (unpaired) electrons. The predicted molar refractivity (Wildman–Crippen MR) is 107 cm³/mol. The first-order valence-corrected chi connectivity index (χ1v) is 10.4. The fraction of sp³-hybridized carbons (Fsp3) is 0.143. The van der Waals surface area contributed by atoms with Crippen LogP contribution in [0.25, 0.3) is 0 Å². The molecule has 1 N–H and O–H groups in total. The zero-order chi connectivity index (χ0) is 20.9. The number of ether oxygens (including phenoxy) is 1. The van der Waals surface area contributed by atoms with Gasteiger partial charge >= 0.3 is 7.75 Å². The number of hydrogen-bond acceptors (Lipinski definition) is 4. The molecule has 3 aromatic rings. The van der Waals surface area contributed by atoms with Crippen LogP contribution in [0.2, 0.25) is 0 Å². The van der Waals surface area contributed by atoms with Crippen molar-refractivity contribution in [2.45, 2.75) is 20.0 Å². The first kappa shape index (κ1) is 20.7. The van der Waals surface area contributed by atoms with Crippen molar-refractivity contribution >= 4 is 13.4 Å². The quantitative estimate of drug-likeness (QED) is 0.427. The second-order valence-corrected chi connectivity index (χ2v) is 7.93. The number of rotatable bonds is 8. The van der Waals surface area contributed by atoms with E-state index < -0.39 is 19.4 Å². The smallest absolute Gasteiger partial charge is 0.491 e. The lowest BCUT2D eigenvalue weighted by molar-refractivity contribution is 0.242. The zero-order valence-electron chi connectivity index (χ0n) is 15.8. The molecule has 0 unspecified atom stereocenters. The van der Waals surface area contributed by atoms with Gasteiger partial charge in [-0.2, -0.15) is 0 Å². The normalized spacial score (nSPS) is 11.2. The summed E-state index contributed by atoms with van der Waals surface area (Å²) >= 11 is 0. The van der Waals surface area contributed by atoms with Crippen LogP contribution in [0.1, 0.15) is 13.8 Å². The van der Waals surface area contributed by atoms with Crippen molar-refractivity contribution in [1.82, 2.24) is 0 Å². The van der Waals surface area contributed by atoms with Crippen molar-refractivity contribution in [3.05, 3.63) is 84.4 Å². The fourth-order valence-corrected chi connectivity index (χ4v) is 3.81. The lowest BCUT2D eigenvalue weighted by Crippen LogP contribution is -2.11. The van der Waals surface area contributed by atoms with E-state index in [2.05, 4.69) is 5.09 Å². The van der Waals surface area contributed by atoms with E-state index in [4.69, 9.17) is 13.8 Å². The van der Waals surface area contributed by atoms with Crippen molar-refractivity contribution in [2.24, 2.45) is 0 Å². The molecule has 0 heterocycles. The van der Waals surface area contributed by atoms with Gasteiger partial charge in [0.25, 0.3) is 0 Å². The molecule has 3 aromatic carbocycles. The number of anilines is 1. The number of halogens is 2. The summed E-state index contributed by atoms with van der Waals surface area (Å²) in [6.07, 6.45) is -0.00585. The number of hydrogen-bond donors (Lipinski definition) is 1. The predicted octanol–water partition coefficient (Wildman–Crippen LogP) is 6.43. The molecule has 0 aliphatic rings. The van der Waals surface area contributed by atoms with E-state index >= 15 is 0 Å². The molecule has 0 amide bonds. The van der Waals surface area contributed by atoms with Gasteiger partial charge in [0.05, 0.1) is 6.10 Å². The van der Waals surface area contributed by atoms with Crippen LogP contribution in [0.3, 0.4) is 0 Å². The van der Waals surface area contributed by atoms with Gasteiger partial charge < -0.3 is 13.8 Å². The van der Waals surface area contributed by atoms with Gasteiger partial charge in [0, 0.05) is 5.69 Å². The number of benzene rings is 3. The molecule has 0 saturated carbocycles. The van der Waals surface area contributed by atoms with Crippen molar-refractivity contribution in [3.63, 3.8) is 0 Å². The van der Waals surface area contributed by atoms with Gasteiger partial charge in [-0.1, -0.05) is 24.3 Å². The zero-order valence-corrected chi connectivity index (χ0v) is 16.7. The average molecular weight is 419 g/mol. The fourth-order valence-electron chi connectivity index (χ4n) is 2.40. The van der Waals surface area contributed by atoms with Crippen LogP contribution in [0.5, 0.6) is 17.2 Å². The first-order valence-electron chi connectivity index (χ1n) is 8.88. The molecule has 8 heteroatoms. The maximum atomic E-state index is 14.0. The van der Waals surface area contributed by atoms with Gasteiger partial charge in [-0.25, -0.2) is 13.3 Å². The Bertz CT molecular complexity index is 960. The van der Waals surface area contributed by atoms with Crippen molar-refractivity contribution < 1.29 is 27.1 Å². The number of para-hydroxylation sites is 2. The molecule has 0 aromatic heterocycles. The van der Waals surface area contributed by atoms with E-state index in [-0.39, 0.29) is 17.6 Å². The van der Waals surface area contributed by atoms with Crippen LogP contribution >= 0.6 is 7.75 Å². The highest BCUT2D eigenvalue weighted by atomic mass is 31.2. The Morgan fingerprint density at radius 2 is 1.28 bits per heavy atom. The van der Waals surface area contributed by atoms with E-state index in [1.54, 1.807) is 24.3 Å². The van der Waals surface area contributed by atoms with Crippen molar-refractivity contribution in [2.75, 3.05) is 5.09 Å². The van der Waals surface area contributed by atoms with Gasteiger partial charge in [-0.05, 0) is 62.4 Å². The third-order valence-corrected chi connectivity index (χ3v) is 5.01. The molecule has 0 atom stereocenters. The Kier molecular flexibility index (Phi) is 6.39. The highest BCUT2D eigenvalue weighted by molar-refractivity contribution is 7.56. The summed E-state index contributed by atoms with van der Waals surface area (Å²) in [6.45, 7) is 3.79. The standard InChI is InChI=1S/C21H20F2NO4P/c1-15(2)26-17-13-11-16(12-14-17)24-29(25,27-20-9-5-3-7-18(20)22)28-21-10-6-4-8-19(21)23/h3-15H,1-2H3,(H,24,25). The highest BCUT2D eigenvalue weighted by Crippen LogP contribution is 2.49. The largest absolute Gasteiger partial charge is 0.541 e. The summed E-state index contributed by atoms with van der Waals surface area (Å²) in [5.74, 6) is -1.43. The molecule has 0 fully saturated rings. The third kappa shape index (κ3) is 5.72. The van der Waals surface area contributed by atoms with Crippen LogP contribution in [0.4, 0.5) is 14.5 Å². The Hall–Kier alpha value is -3.05. The summed E-state index contributed by atoms with van der Waals surface area (Å²) in [4.78, 5) is 0. The minimum atomic E-state index is -4.25. The number of nitrogens with one attached hydrogen (secondary N) is 1. The first-order chi connectivity index (χ1) is 13.8. The van der Waals surface area contributed by atoms with E-state index in [0.717, 1.165) is 12.1 Å². The summed E-state index contributed by atoms with van der Waals surface area (Å²) < 4.78 is 57.7. The lowest BCUT2D eigenvalue weighted by atomic mass is 10.3. The molecule has 0 saturated heterocycles. The summed E-state index contributed by atoms with van der Waals surface area (Å²) in [6, 6.07) is 17.4. The highest BCUT2D eigenvalue weighted by Gasteiger charge is 2.31. The van der Waals surface area contributed by atoms with E-state index in [1.165, 1.54) is 36.4 Å². The average Bonchev–Trinajstić information content (AvgIpc) is 2.67. The van der Waals surface area contributed by atoms with Crippen molar-refractivity contribution in [1.29, 1.82) is 0 Å². The second kappa shape index (κ2) is 8.97. The van der Waals surface area contributed by atoms with Crippen LogP contribution in [0.15, 0.2) is 72.8 Å². The molecular weight excluding hydrogens is 399 g/mol. The monoisotopic (exact) mass is 419 g/mol. The molecule has 0 spiro atoms. The molecule has 3 rings (SSSR count). The molecule has 5 nitrogen and oxygen atoms in total. The van der Waals surface area contributed by atoms with Crippen LogP contribution in [-0.2, 0) is 4.57 Å². The third-order valence-electron chi connectivity index (χ3n) is 3.60. The van der Waals surface area contributed by atoms with Crippen LogP contribution in [-0.4, -0.2) is 6.10 Å². The molecular formula is C21H20F2NO4P. The van der Waals surface area contributed by atoms with Crippen LogP contribution in [0, 0.1) is 11.6 Å². The van der Waals surface area contributed by atoms with Gasteiger partial charge in [-0.15, -0.1) is 0 Å². The molecule has 0 aliphatic heterocycles. The molecule has 0 aliphatic carbocycles. The van der Waals surface area contributed by atoms with E-state index in [0.29, 0.717) is 11.4 Å². The van der Waals surface area contributed by atoms with Gasteiger partial charge in [-0.3, -0.25) is 5.09 Å². The maximum absolute atomic E-state index is 14.0.